The van der Waals surface area contributed by atoms with Gasteiger partial charge in [0.25, 0.3) is 0 Å². The third-order valence-electron chi connectivity index (χ3n) is 2.22. The van der Waals surface area contributed by atoms with E-state index in [1.165, 1.54) is 0 Å². The van der Waals surface area contributed by atoms with Crippen molar-refractivity contribution in [2.75, 3.05) is 13.7 Å². The Morgan fingerprint density at radius 3 is 2.53 bits per heavy atom. The average molecular weight is 276 g/mol. The fourth-order valence-corrected chi connectivity index (χ4v) is 1.98. The number of rotatable bonds is 6. The van der Waals surface area contributed by atoms with Crippen molar-refractivity contribution in [2.45, 2.75) is 38.1 Å². The average Bonchev–Trinajstić information content (AvgIpc) is 2.61. The first-order chi connectivity index (χ1) is 7.20. The van der Waals surface area contributed by atoms with Gasteiger partial charge in [-0.25, -0.2) is 0 Å². The molecule has 0 aliphatic heterocycles. The molecule has 4 nitrogen and oxygen atoms in total. The van der Waals surface area contributed by atoms with Gasteiger partial charge in [0.15, 0.2) is 0 Å². The quantitative estimate of drug-likeness (QED) is 0.591. The summed E-state index contributed by atoms with van der Waals surface area (Å²) in [6.45, 7) is 5.07. The molecule has 0 aliphatic rings. The molecule has 0 N–H and O–H groups in total. The van der Waals surface area contributed by atoms with E-state index in [4.69, 9.17) is 4.74 Å². The lowest BCUT2D eigenvalue weighted by Gasteiger charge is -2.12. The molecule has 0 aliphatic carbocycles. The van der Waals surface area contributed by atoms with Crippen molar-refractivity contribution in [1.29, 1.82) is 0 Å². The van der Waals surface area contributed by atoms with E-state index < -0.39 is 0 Å². The zero-order chi connectivity index (χ0) is 11.3. The van der Waals surface area contributed by atoms with Crippen molar-refractivity contribution in [3.63, 3.8) is 0 Å². The molecule has 5 heteroatoms. The van der Waals surface area contributed by atoms with Gasteiger partial charge in [0.05, 0.1) is 5.33 Å². The van der Waals surface area contributed by atoms with Crippen molar-refractivity contribution >= 4 is 15.9 Å². The number of hydrogen-bond donors (Lipinski definition) is 0. The highest BCUT2D eigenvalue weighted by Crippen LogP contribution is 2.15. The fraction of sp³-hybridized carbons (Fsp3) is 0.800. The zero-order valence-corrected chi connectivity index (χ0v) is 11.1. The minimum Gasteiger partial charge on any atom is -0.385 e. The minimum atomic E-state index is 0.407. The van der Waals surface area contributed by atoms with Gasteiger partial charge in [-0.15, -0.1) is 10.2 Å². The molecule has 1 aromatic rings. The van der Waals surface area contributed by atoms with E-state index in [2.05, 4.69) is 44.5 Å². The highest BCUT2D eigenvalue weighted by molar-refractivity contribution is 9.08. The van der Waals surface area contributed by atoms with Crippen LogP contribution in [0.15, 0.2) is 0 Å². The van der Waals surface area contributed by atoms with Crippen molar-refractivity contribution < 1.29 is 4.74 Å². The molecular weight excluding hydrogens is 258 g/mol. The SMILES string of the molecule is COCCCc1nnc(CBr)n1C(C)C. The molecule has 0 atom stereocenters. The van der Waals surface area contributed by atoms with Crippen LogP contribution >= 0.6 is 15.9 Å². The van der Waals surface area contributed by atoms with Crippen LogP contribution in [0, 0.1) is 0 Å². The van der Waals surface area contributed by atoms with Gasteiger partial charge in [0.1, 0.15) is 11.6 Å². The maximum Gasteiger partial charge on any atom is 0.143 e. The molecule has 0 aromatic carbocycles. The molecule has 0 fully saturated rings. The van der Waals surface area contributed by atoms with Crippen molar-refractivity contribution in [1.82, 2.24) is 14.8 Å². The Balaban J connectivity index is 2.73. The molecule has 1 heterocycles. The van der Waals surface area contributed by atoms with Crippen LogP contribution in [0.1, 0.15) is 38.0 Å². The van der Waals surface area contributed by atoms with Crippen molar-refractivity contribution in [2.24, 2.45) is 0 Å². The standard InChI is InChI=1S/C10H18BrN3O/c1-8(2)14-9(5-4-6-15-3)12-13-10(14)7-11/h8H,4-7H2,1-3H3. The summed E-state index contributed by atoms with van der Waals surface area (Å²) in [5.41, 5.74) is 0. The number of alkyl halides is 1. The maximum absolute atomic E-state index is 5.03. The maximum atomic E-state index is 5.03. The lowest BCUT2D eigenvalue weighted by atomic mass is 10.3. The van der Waals surface area contributed by atoms with Gasteiger partial charge in [0, 0.05) is 26.2 Å². The summed E-state index contributed by atoms with van der Waals surface area (Å²) >= 11 is 3.42. The van der Waals surface area contributed by atoms with Gasteiger partial charge in [-0.3, -0.25) is 0 Å². The number of aryl methyl sites for hydroxylation is 1. The van der Waals surface area contributed by atoms with E-state index in [0.717, 1.165) is 36.4 Å². The molecule has 0 amide bonds. The molecule has 1 aromatic heterocycles. The number of halogens is 1. The highest BCUT2D eigenvalue weighted by Gasteiger charge is 2.12. The number of ether oxygens (including phenoxy) is 1. The predicted octanol–water partition coefficient (Wildman–Crippen LogP) is 2.33. The summed E-state index contributed by atoms with van der Waals surface area (Å²) in [5, 5.41) is 9.12. The van der Waals surface area contributed by atoms with Gasteiger partial charge in [0.2, 0.25) is 0 Å². The summed E-state index contributed by atoms with van der Waals surface area (Å²) in [4.78, 5) is 0. The Kier molecular flexibility index (Phi) is 5.25. The van der Waals surface area contributed by atoms with Gasteiger partial charge in [-0.1, -0.05) is 15.9 Å². The number of nitrogens with zero attached hydrogens (tertiary/aromatic N) is 3. The van der Waals surface area contributed by atoms with Crippen LogP contribution < -0.4 is 0 Å². The van der Waals surface area contributed by atoms with Gasteiger partial charge in [-0.05, 0) is 20.3 Å². The molecular formula is C10H18BrN3O. The van der Waals surface area contributed by atoms with E-state index >= 15 is 0 Å². The molecule has 86 valence electrons. The third-order valence-corrected chi connectivity index (χ3v) is 2.72. The molecule has 0 saturated heterocycles. The van der Waals surface area contributed by atoms with Crippen LogP contribution in [-0.2, 0) is 16.5 Å². The molecule has 0 bridgehead atoms. The largest absolute Gasteiger partial charge is 0.385 e. The molecule has 0 unspecified atom stereocenters. The summed E-state index contributed by atoms with van der Waals surface area (Å²) in [7, 11) is 1.72. The Morgan fingerprint density at radius 1 is 1.33 bits per heavy atom. The first kappa shape index (κ1) is 12.6. The van der Waals surface area contributed by atoms with Crippen LogP contribution in [0.2, 0.25) is 0 Å². The van der Waals surface area contributed by atoms with Gasteiger partial charge < -0.3 is 9.30 Å². The fourth-order valence-electron chi connectivity index (χ4n) is 1.59. The highest BCUT2D eigenvalue weighted by atomic mass is 79.9. The predicted molar refractivity (Wildman–Crippen MR) is 63.2 cm³/mol. The Labute approximate surface area is 99.2 Å². The second kappa shape index (κ2) is 6.23. The normalized spacial score (nSPS) is 11.3. The summed E-state index contributed by atoms with van der Waals surface area (Å²) in [5.74, 6) is 2.05. The lowest BCUT2D eigenvalue weighted by Crippen LogP contribution is -2.10. The van der Waals surface area contributed by atoms with E-state index in [0.29, 0.717) is 6.04 Å². The molecule has 0 spiro atoms. The zero-order valence-electron chi connectivity index (χ0n) is 9.53. The van der Waals surface area contributed by atoms with Crippen LogP contribution in [0.3, 0.4) is 0 Å². The first-order valence-electron chi connectivity index (χ1n) is 5.18. The Hall–Kier alpha value is -0.420. The van der Waals surface area contributed by atoms with Crippen LogP contribution in [0.25, 0.3) is 0 Å². The monoisotopic (exact) mass is 275 g/mol. The van der Waals surface area contributed by atoms with Crippen molar-refractivity contribution in [3.05, 3.63) is 11.6 Å². The van der Waals surface area contributed by atoms with Crippen molar-refractivity contribution in [3.8, 4) is 0 Å². The number of aromatic nitrogens is 3. The van der Waals surface area contributed by atoms with Crippen LogP contribution in [-0.4, -0.2) is 28.5 Å². The minimum absolute atomic E-state index is 0.407. The van der Waals surface area contributed by atoms with Gasteiger partial charge >= 0.3 is 0 Å². The lowest BCUT2D eigenvalue weighted by molar-refractivity contribution is 0.194. The molecule has 0 radical (unpaired) electrons. The second-order valence-electron chi connectivity index (χ2n) is 3.73. The Morgan fingerprint density at radius 2 is 2.00 bits per heavy atom. The molecule has 1 rings (SSSR count). The van der Waals surface area contributed by atoms with Gasteiger partial charge in [-0.2, -0.15) is 0 Å². The topological polar surface area (TPSA) is 39.9 Å². The number of methoxy groups -OCH3 is 1. The van der Waals surface area contributed by atoms with E-state index in [1.807, 2.05) is 0 Å². The third kappa shape index (κ3) is 3.28. The molecule has 15 heavy (non-hydrogen) atoms. The van der Waals surface area contributed by atoms with E-state index in [1.54, 1.807) is 7.11 Å². The number of hydrogen-bond acceptors (Lipinski definition) is 3. The summed E-state index contributed by atoms with van der Waals surface area (Å²) < 4.78 is 7.22. The summed E-state index contributed by atoms with van der Waals surface area (Å²) in [6.07, 6.45) is 1.91. The van der Waals surface area contributed by atoms with Crippen LogP contribution in [0.5, 0.6) is 0 Å². The summed E-state index contributed by atoms with van der Waals surface area (Å²) in [6, 6.07) is 0.407. The molecule has 0 saturated carbocycles. The Bertz CT molecular complexity index is 299. The van der Waals surface area contributed by atoms with Crippen LogP contribution in [0.4, 0.5) is 0 Å². The second-order valence-corrected chi connectivity index (χ2v) is 4.29. The first-order valence-corrected chi connectivity index (χ1v) is 6.30. The van der Waals surface area contributed by atoms with E-state index in [9.17, 15) is 0 Å². The smallest absolute Gasteiger partial charge is 0.143 e. The van der Waals surface area contributed by atoms with E-state index in [-0.39, 0.29) is 0 Å².